The third-order valence-electron chi connectivity index (χ3n) is 6.31. The maximum absolute atomic E-state index is 13.3. The van der Waals surface area contributed by atoms with Gasteiger partial charge >= 0.3 is 5.97 Å². The zero-order valence-electron chi connectivity index (χ0n) is 18.5. The number of nitrogens with zero attached hydrogens (tertiary/aromatic N) is 1. The zero-order chi connectivity index (χ0) is 23.8. The number of rotatable bonds is 4. The number of anilines is 1. The maximum Gasteiger partial charge on any atom is 0.305 e. The third-order valence-corrected chi connectivity index (χ3v) is 6.31. The number of carbonyl (C=O) groups is 3. The van der Waals surface area contributed by atoms with Crippen LogP contribution in [0.25, 0.3) is 0 Å². The van der Waals surface area contributed by atoms with Gasteiger partial charge in [-0.25, -0.2) is 0 Å². The number of ether oxygens (including phenoxy) is 4. The Labute approximate surface area is 195 Å². The van der Waals surface area contributed by atoms with Gasteiger partial charge in [0.15, 0.2) is 11.5 Å². The van der Waals surface area contributed by atoms with Crippen LogP contribution in [-0.2, 0) is 9.53 Å². The van der Waals surface area contributed by atoms with Gasteiger partial charge in [-0.05, 0) is 49.2 Å². The van der Waals surface area contributed by atoms with Crippen molar-refractivity contribution in [2.75, 3.05) is 25.8 Å². The molecular weight excluding hydrogens is 444 g/mol. The molecule has 1 saturated heterocycles. The molecule has 3 heterocycles. The molecule has 2 aromatic rings. The normalized spacial score (nSPS) is 23.1. The number of nitrogens with one attached hydrogen (secondary N) is 1. The van der Waals surface area contributed by atoms with Gasteiger partial charge in [0.25, 0.3) is 11.8 Å². The van der Waals surface area contributed by atoms with Crippen molar-refractivity contribution in [2.45, 2.75) is 37.5 Å². The van der Waals surface area contributed by atoms with Crippen LogP contribution in [-0.4, -0.2) is 66.5 Å². The standard InChI is InChI=1S/C24H24N2O8/c1-26-17-5-4-15(10-22(27)28)34-21(17)11-31-18-7-3-14(9-16(18)24(26)30)25-23(29)13-2-6-19-20(8-13)33-12-32-19/h2-3,6-9,15,17,21H,4-5,10-12H2,1H3,(H,25,29)(H,27,28)/t15-,17-,21+/m1/s1. The Bertz CT molecular complexity index is 1150. The molecule has 10 nitrogen and oxygen atoms in total. The number of carbonyl (C=O) groups excluding carboxylic acids is 2. The van der Waals surface area contributed by atoms with E-state index in [2.05, 4.69) is 5.32 Å². The molecule has 0 aliphatic carbocycles. The second kappa shape index (κ2) is 8.86. The van der Waals surface area contributed by atoms with E-state index in [9.17, 15) is 14.4 Å². The van der Waals surface area contributed by atoms with Crippen LogP contribution in [0.15, 0.2) is 36.4 Å². The van der Waals surface area contributed by atoms with Crippen LogP contribution in [0.2, 0.25) is 0 Å². The van der Waals surface area contributed by atoms with Crippen molar-refractivity contribution in [3.63, 3.8) is 0 Å². The Kier molecular flexibility index (Phi) is 5.74. The molecule has 2 N–H and O–H groups in total. The molecule has 0 saturated carbocycles. The molecule has 0 spiro atoms. The topological polar surface area (TPSA) is 124 Å². The first-order valence-electron chi connectivity index (χ1n) is 11.0. The fraction of sp³-hybridized carbons (Fsp3) is 0.375. The van der Waals surface area contributed by atoms with E-state index in [1.165, 1.54) is 0 Å². The first-order chi connectivity index (χ1) is 16.4. The van der Waals surface area contributed by atoms with Gasteiger partial charge in [-0.2, -0.15) is 0 Å². The fourth-order valence-corrected chi connectivity index (χ4v) is 4.54. The van der Waals surface area contributed by atoms with Gasteiger partial charge in [-0.15, -0.1) is 0 Å². The first-order valence-corrected chi connectivity index (χ1v) is 11.0. The summed E-state index contributed by atoms with van der Waals surface area (Å²) in [5.74, 6) is -0.0607. The number of carboxylic acids is 1. The maximum atomic E-state index is 13.3. The summed E-state index contributed by atoms with van der Waals surface area (Å²) in [6.07, 6.45) is 0.251. The van der Waals surface area contributed by atoms with Crippen LogP contribution in [0.3, 0.4) is 0 Å². The van der Waals surface area contributed by atoms with Crippen molar-refractivity contribution < 1.29 is 38.4 Å². The summed E-state index contributed by atoms with van der Waals surface area (Å²) in [7, 11) is 1.70. The van der Waals surface area contributed by atoms with Crippen LogP contribution in [0.4, 0.5) is 5.69 Å². The molecule has 178 valence electrons. The highest BCUT2D eigenvalue weighted by Gasteiger charge is 2.39. The van der Waals surface area contributed by atoms with E-state index in [1.54, 1.807) is 48.3 Å². The highest BCUT2D eigenvalue weighted by Crippen LogP contribution is 2.34. The molecule has 0 bridgehead atoms. The van der Waals surface area contributed by atoms with E-state index < -0.39 is 18.2 Å². The Morgan fingerprint density at radius 2 is 1.85 bits per heavy atom. The van der Waals surface area contributed by atoms with Gasteiger partial charge in [-0.3, -0.25) is 14.4 Å². The molecule has 3 aliphatic heterocycles. The monoisotopic (exact) mass is 468 g/mol. The van der Waals surface area contributed by atoms with Crippen LogP contribution in [0, 0.1) is 0 Å². The molecule has 34 heavy (non-hydrogen) atoms. The molecule has 1 fully saturated rings. The van der Waals surface area contributed by atoms with E-state index in [0.717, 1.165) is 0 Å². The van der Waals surface area contributed by atoms with Crippen LogP contribution < -0.4 is 19.5 Å². The number of likely N-dealkylation sites (N-methyl/N-ethyl adjacent to an activating group) is 1. The Balaban J connectivity index is 1.34. The summed E-state index contributed by atoms with van der Waals surface area (Å²) in [4.78, 5) is 38.7. The average molecular weight is 468 g/mol. The van der Waals surface area contributed by atoms with Crippen LogP contribution in [0.1, 0.15) is 40.0 Å². The predicted octanol–water partition coefficient (Wildman–Crippen LogP) is 2.52. The van der Waals surface area contributed by atoms with E-state index >= 15 is 0 Å². The first kappa shape index (κ1) is 22.0. The van der Waals surface area contributed by atoms with Crippen molar-refractivity contribution in [1.29, 1.82) is 0 Å². The van der Waals surface area contributed by atoms with Crippen molar-refractivity contribution in [1.82, 2.24) is 4.90 Å². The average Bonchev–Trinajstić information content (AvgIpc) is 3.29. The molecule has 2 aromatic carbocycles. The zero-order valence-corrected chi connectivity index (χ0v) is 18.5. The molecule has 3 aliphatic rings. The highest BCUT2D eigenvalue weighted by molar-refractivity contribution is 6.06. The number of hydrogen-bond acceptors (Lipinski definition) is 7. The molecule has 2 amide bonds. The number of hydrogen-bond donors (Lipinski definition) is 2. The van der Waals surface area contributed by atoms with Crippen LogP contribution >= 0.6 is 0 Å². The molecule has 0 aromatic heterocycles. The fourth-order valence-electron chi connectivity index (χ4n) is 4.54. The number of amides is 2. The highest BCUT2D eigenvalue weighted by atomic mass is 16.7. The molecule has 0 unspecified atom stereocenters. The van der Waals surface area contributed by atoms with Gasteiger partial charge in [0.2, 0.25) is 6.79 Å². The summed E-state index contributed by atoms with van der Waals surface area (Å²) in [5, 5.41) is 11.9. The second-order valence-electron chi connectivity index (χ2n) is 8.50. The van der Waals surface area contributed by atoms with E-state index in [0.29, 0.717) is 46.9 Å². The smallest absolute Gasteiger partial charge is 0.305 e. The quantitative estimate of drug-likeness (QED) is 0.702. The summed E-state index contributed by atoms with van der Waals surface area (Å²) < 4.78 is 22.5. The number of fused-ring (bicyclic) bond motifs is 3. The van der Waals surface area contributed by atoms with E-state index in [-0.39, 0.29) is 37.7 Å². The summed E-state index contributed by atoms with van der Waals surface area (Å²) >= 11 is 0. The van der Waals surface area contributed by atoms with Crippen molar-refractivity contribution in [2.24, 2.45) is 0 Å². The van der Waals surface area contributed by atoms with Crippen LogP contribution in [0.5, 0.6) is 17.2 Å². The summed E-state index contributed by atoms with van der Waals surface area (Å²) in [6.45, 7) is 0.308. The van der Waals surface area contributed by atoms with E-state index in [1.807, 2.05) is 0 Å². The lowest BCUT2D eigenvalue weighted by molar-refractivity contribution is -0.148. The van der Waals surface area contributed by atoms with Gasteiger partial charge < -0.3 is 34.3 Å². The lowest BCUT2D eigenvalue weighted by Crippen LogP contribution is -2.53. The van der Waals surface area contributed by atoms with Crippen molar-refractivity contribution >= 4 is 23.5 Å². The van der Waals surface area contributed by atoms with Gasteiger partial charge in [0.1, 0.15) is 18.5 Å². The predicted molar refractivity (Wildman–Crippen MR) is 118 cm³/mol. The van der Waals surface area contributed by atoms with E-state index in [4.69, 9.17) is 24.1 Å². The molecule has 5 rings (SSSR count). The van der Waals surface area contributed by atoms with Gasteiger partial charge in [0, 0.05) is 18.3 Å². The van der Waals surface area contributed by atoms with Crippen molar-refractivity contribution in [3.05, 3.63) is 47.5 Å². The Morgan fingerprint density at radius 1 is 1.06 bits per heavy atom. The molecular formula is C24H24N2O8. The number of carboxylic acid groups (broad SMARTS) is 1. The minimum Gasteiger partial charge on any atom is -0.490 e. The minimum atomic E-state index is -0.916. The summed E-state index contributed by atoms with van der Waals surface area (Å²) in [5.41, 5.74) is 1.18. The lowest BCUT2D eigenvalue weighted by Gasteiger charge is -2.42. The number of benzene rings is 2. The SMILES string of the molecule is CN1C(=O)c2cc(NC(=O)c3ccc4c(c3)OCO4)ccc2OC[C@@H]2O[C@@H](CC(=O)O)CC[C@H]21. The van der Waals surface area contributed by atoms with Crippen molar-refractivity contribution in [3.8, 4) is 17.2 Å². The Morgan fingerprint density at radius 3 is 2.68 bits per heavy atom. The molecule has 0 radical (unpaired) electrons. The molecule has 10 heteroatoms. The second-order valence-corrected chi connectivity index (χ2v) is 8.50. The molecule has 3 atom stereocenters. The summed E-state index contributed by atoms with van der Waals surface area (Å²) in [6, 6.07) is 9.56. The van der Waals surface area contributed by atoms with Gasteiger partial charge in [0.05, 0.1) is 24.1 Å². The van der Waals surface area contributed by atoms with Gasteiger partial charge in [-0.1, -0.05) is 0 Å². The third kappa shape index (κ3) is 4.24. The number of aliphatic carboxylic acids is 1. The lowest BCUT2D eigenvalue weighted by atomic mass is 9.94. The minimum absolute atomic E-state index is 0.0795. The largest absolute Gasteiger partial charge is 0.490 e. The Hall–Kier alpha value is -3.79.